The molecule has 6 nitrogen and oxygen atoms in total. The molecule has 0 N–H and O–H groups in total. The third-order valence-corrected chi connectivity index (χ3v) is 4.66. The standard InChI is InChI=1S/C16H10N2.C10H7N2.C4H4N2.Ir/c1-2-5-13(6-3-1)14-7-4-8-15(11-14)16-12-17-9-10-18-16;1-2-4-9(5-3-1)10-8-11-6-7-12-10;1-2-6-4-3-5-1;/h1-5,7-10,12H;1-4,6-8H;1-4H;/q-2;-1;;+3. The van der Waals surface area contributed by atoms with Gasteiger partial charge in [-0.25, -0.2) is 5.56 Å². The second-order valence-corrected chi connectivity index (χ2v) is 7.11. The number of benzene rings is 3. The van der Waals surface area contributed by atoms with E-state index in [2.05, 4.69) is 48.1 Å². The summed E-state index contributed by atoms with van der Waals surface area (Å²) in [6, 6.07) is 31.2. The molecule has 0 atom stereocenters. The van der Waals surface area contributed by atoms with Crippen molar-refractivity contribution in [2.24, 2.45) is 0 Å². The van der Waals surface area contributed by atoms with Gasteiger partial charge in [0.2, 0.25) is 0 Å². The molecular weight excluding hydrogens is 637 g/mol. The third kappa shape index (κ3) is 8.93. The molecule has 0 aliphatic carbocycles. The Morgan fingerprint density at radius 1 is 0.432 bits per heavy atom. The van der Waals surface area contributed by atoms with Crippen LogP contribution in [-0.4, -0.2) is 29.9 Å². The van der Waals surface area contributed by atoms with Crippen molar-refractivity contribution in [2.75, 3.05) is 0 Å². The first-order valence-electron chi connectivity index (χ1n) is 11.1. The van der Waals surface area contributed by atoms with Gasteiger partial charge >= 0.3 is 20.1 Å². The monoisotopic (exact) mass is 658 g/mol. The number of rotatable bonds is 3. The van der Waals surface area contributed by atoms with Crippen LogP contribution in [-0.2, 0) is 20.1 Å². The molecule has 37 heavy (non-hydrogen) atoms. The topological polar surface area (TPSA) is 77.3 Å². The van der Waals surface area contributed by atoms with Gasteiger partial charge in [-0.15, -0.1) is 59.7 Å². The molecule has 0 radical (unpaired) electrons. The molecule has 0 saturated carbocycles. The van der Waals surface area contributed by atoms with Gasteiger partial charge in [-0.2, -0.15) is 42.0 Å². The van der Waals surface area contributed by atoms with Gasteiger partial charge in [0.1, 0.15) is 0 Å². The van der Waals surface area contributed by atoms with Crippen molar-refractivity contribution in [2.45, 2.75) is 0 Å². The largest absolute Gasteiger partial charge is 3.00 e. The predicted molar refractivity (Wildman–Crippen MR) is 139 cm³/mol. The van der Waals surface area contributed by atoms with Gasteiger partial charge in [0.25, 0.3) is 0 Å². The zero-order chi connectivity index (χ0) is 24.7. The van der Waals surface area contributed by atoms with E-state index in [9.17, 15) is 0 Å². The molecule has 0 amide bonds. The molecule has 0 saturated heterocycles. The van der Waals surface area contributed by atoms with E-state index in [0.717, 1.165) is 33.6 Å². The summed E-state index contributed by atoms with van der Waals surface area (Å²) >= 11 is 0. The van der Waals surface area contributed by atoms with Gasteiger partial charge in [0.05, 0.1) is 0 Å². The molecule has 0 fully saturated rings. The van der Waals surface area contributed by atoms with Crippen molar-refractivity contribution >= 4 is 0 Å². The van der Waals surface area contributed by atoms with Crippen LogP contribution < -0.4 is 0 Å². The summed E-state index contributed by atoms with van der Waals surface area (Å²) in [4.78, 5) is 23.9. The van der Waals surface area contributed by atoms with Crippen molar-refractivity contribution in [1.82, 2.24) is 29.9 Å². The minimum Gasteiger partial charge on any atom is -0.302 e. The molecule has 0 aliphatic heterocycles. The van der Waals surface area contributed by atoms with E-state index in [0.29, 0.717) is 0 Å². The van der Waals surface area contributed by atoms with E-state index in [4.69, 9.17) is 0 Å². The second-order valence-electron chi connectivity index (χ2n) is 7.11. The first-order chi connectivity index (χ1) is 17.9. The molecule has 180 valence electrons. The van der Waals surface area contributed by atoms with Crippen LogP contribution in [0.25, 0.3) is 33.6 Å². The van der Waals surface area contributed by atoms with Crippen molar-refractivity contribution in [3.05, 3.63) is 147 Å². The molecule has 0 spiro atoms. The van der Waals surface area contributed by atoms with E-state index >= 15 is 0 Å². The van der Waals surface area contributed by atoms with Crippen LogP contribution in [0.15, 0.2) is 129 Å². The number of hydrogen-bond donors (Lipinski definition) is 0. The minimum absolute atomic E-state index is 0. The van der Waals surface area contributed by atoms with Crippen LogP contribution in [0.3, 0.4) is 0 Å². The average molecular weight is 658 g/mol. The molecule has 6 aromatic rings. The van der Waals surface area contributed by atoms with Crippen molar-refractivity contribution in [1.29, 1.82) is 0 Å². The Morgan fingerprint density at radius 2 is 0.919 bits per heavy atom. The summed E-state index contributed by atoms with van der Waals surface area (Å²) in [5, 5.41) is 0. The smallest absolute Gasteiger partial charge is 0.302 e. The molecule has 0 unspecified atom stereocenters. The van der Waals surface area contributed by atoms with Crippen LogP contribution in [0.5, 0.6) is 0 Å². The Balaban J connectivity index is 0.000000172. The maximum atomic E-state index is 4.28. The summed E-state index contributed by atoms with van der Waals surface area (Å²) in [5.74, 6) is 0. The van der Waals surface area contributed by atoms with Crippen molar-refractivity contribution in [3.63, 3.8) is 0 Å². The van der Waals surface area contributed by atoms with Gasteiger partial charge in [-0.05, 0) is 0 Å². The fourth-order valence-electron chi connectivity index (χ4n) is 3.02. The van der Waals surface area contributed by atoms with Gasteiger partial charge in [-0.1, -0.05) is 0 Å². The number of nitrogens with zero attached hydrogens (tertiary/aromatic N) is 6. The first-order valence-corrected chi connectivity index (χ1v) is 11.1. The Hall–Kier alpha value is -4.45. The van der Waals surface area contributed by atoms with Crippen molar-refractivity contribution < 1.29 is 20.1 Å². The predicted octanol–water partition coefficient (Wildman–Crippen LogP) is 5.83. The molecule has 3 aromatic heterocycles. The summed E-state index contributed by atoms with van der Waals surface area (Å²) in [6.45, 7) is 0. The molecule has 7 heteroatoms. The summed E-state index contributed by atoms with van der Waals surface area (Å²) in [5.41, 5.74) is 5.65. The number of aromatic nitrogens is 6. The molecule has 0 aliphatic rings. The van der Waals surface area contributed by atoms with Crippen LogP contribution in [0.2, 0.25) is 0 Å². The van der Waals surface area contributed by atoms with Crippen LogP contribution in [0.1, 0.15) is 0 Å². The first kappa shape index (κ1) is 27.1. The Kier molecular flexibility index (Phi) is 11.4. The third-order valence-electron chi connectivity index (χ3n) is 4.66. The van der Waals surface area contributed by atoms with Crippen molar-refractivity contribution in [3.8, 4) is 33.6 Å². The van der Waals surface area contributed by atoms with Gasteiger partial charge in [0.15, 0.2) is 0 Å². The summed E-state index contributed by atoms with van der Waals surface area (Å²) < 4.78 is 0. The van der Waals surface area contributed by atoms with Crippen LogP contribution in [0, 0.1) is 18.2 Å². The maximum Gasteiger partial charge on any atom is 3.00 e. The minimum atomic E-state index is 0. The summed E-state index contributed by atoms with van der Waals surface area (Å²) in [6.07, 6.45) is 16.7. The van der Waals surface area contributed by atoms with Crippen LogP contribution >= 0.6 is 0 Å². The van der Waals surface area contributed by atoms with E-state index < -0.39 is 0 Å². The van der Waals surface area contributed by atoms with E-state index in [-0.39, 0.29) is 20.1 Å². The van der Waals surface area contributed by atoms with E-state index in [1.54, 1.807) is 62.0 Å². The molecule has 0 bridgehead atoms. The second kappa shape index (κ2) is 15.5. The molecule has 6 rings (SSSR count). The number of hydrogen-bond acceptors (Lipinski definition) is 6. The fraction of sp³-hybridized carbons (Fsp3) is 0. The van der Waals surface area contributed by atoms with E-state index in [1.807, 2.05) is 66.7 Å². The maximum absolute atomic E-state index is 4.28. The Labute approximate surface area is 230 Å². The normalized spacial score (nSPS) is 9.41. The van der Waals surface area contributed by atoms with Gasteiger partial charge in [0, 0.05) is 73.4 Å². The molecule has 3 heterocycles. The van der Waals surface area contributed by atoms with Gasteiger partial charge in [-0.3, -0.25) is 24.9 Å². The average Bonchev–Trinajstić information content (AvgIpc) is 3.01. The van der Waals surface area contributed by atoms with E-state index in [1.165, 1.54) is 0 Å². The van der Waals surface area contributed by atoms with Gasteiger partial charge < -0.3 is 4.98 Å². The van der Waals surface area contributed by atoms with Crippen LogP contribution in [0.4, 0.5) is 0 Å². The Morgan fingerprint density at radius 3 is 1.41 bits per heavy atom. The molecule has 3 aromatic carbocycles. The zero-order valence-electron chi connectivity index (χ0n) is 19.6. The quantitative estimate of drug-likeness (QED) is 0.223. The fourth-order valence-corrected chi connectivity index (χ4v) is 3.02. The zero-order valence-corrected chi connectivity index (χ0v) is 22.0. The molecular formula is C30H21IrN6. The Bertz CT molecular complexity index is 1290. The summed E-state index contributed by atoms with van der Waals surface area (Å²) in [7, 11) is 0. The SMILES string of the molecule is [Ir+3].[c-]1ccccc1-c1[c-]c(-c2cnccn2)ccc1.[c-]1ccccc1-c1cnccn1.c1cnccn1.